The first kappa shape index (κ1) is 22.2. The second kappa shape index (κ2) is 8.09. The molecule has 1 aliphatic carbocycles. The van der Waals surface area contributed by atoms with Crippen molar-refractivity contribution in [1.82, 2.24) is 9.97 Å². The molecule has 0 amide bonds. The summed E-state index contributed by atoms with van der Waals surface area (Å²) < 4.78 is 0. The van der Waals surface area contributed by atoms with E-state index in [2.05, 4.69) is 110 Å². The van der Waals surface area contributed by atoms with Crippen molar-refractivity contribution >= 4 is 32.3 Å². The summed E-state index contributed by atoms with van der Waals surface area (Å²) >= 11 is 0. The van der Waals surface area contributed by atoms with Crippen molar-refractivity contribution in [2.45, 2.75) is 19.3 Å². The molecular weight excluding hydrogens is 472 g/mol. The minimum absolute atomic E-state index is 0.107. The third kappa shape index (κ3) is 3.21. The van der Waals surface area contributed by atoms with Gasteiger partial charge in [-0.3, -0.25) is 9.97 Å². The average molecular weight is 499 g/mol. The van der Waals surface area contributed by atoms with Gasteiger partial charge in [0.25, 0.3) is 0 Å². The lowest BCUT2D eigenvalue weighted by Crippen LogP contribution is -2.15. The molecule has 0 aliphatic heterocycles. The van der Waals surface area contributed by atoms with Crippen LogP contribution in [0.25, 0.3) is 66.0 Å². The van der Waals surface area contributed by atoms with E-state index in [0.717, 1.165) is 17.0 Å². The molecule has 0 bridgehead atoms. The van der Waals surface area contributed by atoms with E-state index in [1.54, 1.807) is 6.20 Å². The van der Waals surface area contributed by atoms with Crippen molar-refractivity contribution in [3.05, 3.63) is 133 Å². The van der Waals surface area contributed by atoms with E-state index < -0.39 is 0 Å². The topological polar surface area (TPSA) is 25.8 Å². The van der Waals surface area contributed by atoms with Crippen LogP contribution in [0.1, 0.15) is 25.0 Å². The van der Waals surface area contributed by atoms with Crippen LogP contribution < -0.4 is 0 Å². The fourth-order valence-electron chi connectivity index (χ4n) is 6.64. The molecule has 184 valence electrons. The summed E-state index contributed by atoms with van der Waals surface area (Å²) in [6.45, 7) is 4.77. The lowest BCUT2D eigenvalue weighted by Gasteiger charge is -2.24. The normalized spacial score (nSPS) is 13.6. The Labute approximate surface area is 227 Å². The molecule has 1 aliphatic rings. The molecule has 0 unspecified atom stereocenters. The molecule has 0 saturated carbocycles. The van der Waals surface area contributed by atoms with Crippen molar-refractivity contribution in [3.63, 3.8) is 0 Å². The third-order valence-electron chi connectivity index (χ3n) is 8.50. The number of pyridine rings is 2. The average Bonchev–Trinajstić information content (AvgIpc) is 3.22. The molecular formula is C37H26N2. The van der Waals surface area contributed by atoms with Gasteiger partial charge in [-0.2, -0.15) is 0 Å². The van der Waals surface area contributed by atoms with Gasteiger partial charge < -0.3 is 0 Å². The molecule has 5 aromatic carbocycles. The van der Waals surface area contributed by atoms with Gasteiger partial charge in [0, 0.05) is 23.4 Å². The standard InChI is InChI=1S/C37H26N2/c1-37(2)32-21-26-19-23(25-16-17-34(39-22-25)33-13-7-8-18-38-33)14-15-24(26)20-31(32)35-29-11-5-3-9-27(29)28-10-4-6-12-30(28)36(35)37/h3-22H,1-2H3. The maximum Gasteiger partial charge on any atom is 0.0886 e. The Bertz CT molecular complexity index is 2070. The van der Waals surface area contributed by atoms with Gasteiger partial charge >= 0.3 is 0 Å². The van der Waals surface area contributed by atoms with Crippen molar-refractivity contribution in [1.29, 1.82) is 0 Å². The van der Waals surface area contributed by atoms with E-state index in [9.17, 15) is 0 Å². The molecule has 0 radical (unpaired) electrons. The number of hydrogen-bond donors (Lipinski definition) is 0. The van der Waals surface area contributed by atoms with Crippen LogP contribution >= 0.6 is 0 Å². The monoisotopic (exact) mass is 498 g/mol. The lowest BCUT2D eigenvalue weighted by atomic mass is 9.79. The zero-order valence-electron chi connectivity index (χ0n) is 21.9. The summed E-state index contributed by atoms with van der Waals surface area (Å²) in [5, 5.41) is 7.88. The Morgan fingerprint density at radius 3 is 1.97 bits per heavy atom. The smallest absolute Gasteiger partial charge is 0.0886 e. The Hall–Kier alpha value is -4.82. The first-order chi connectivity index (χ1) is 19.1. The molecule has 0 N–H and O–H groups in total. The van der Waals surface area contributed by atoms with Crippen LogP contribution in [0.2, 0.25) is 0 Å². The lowest BCUT2D eigenvalue weighted by molar-refractivity contribution is 0.667. The molecule has 39 heavy (non-hydrogen) atoms. The van der Waals surface area contributed by atoms with E-state index in [1.807, 2.05) is 24.4 Å². The summed E-state index contributed by atoms with van der Waals surface area (Å²) in [6.07, 6.45) is 3.76. The molecule has 2 nitrogen and oxygen atoms in total. The van der Waals surface area contributed by atoms with Crippen LogP contribution in [0.4, 0.5) is 0 Å². The van der Waals surface area contributed by atoms with Crippen LogP contribution in [0.3, 0.4) is 0 Å². The Balaban J connectivity index is 1.31. The highest BCUT2D eigenvalue weighted by atomic mass is 14.8. The Kier molecular flexibility index (Phi) is 4.60. The second-order valence-corrected chi connectivity index (χ2v) is 11.1. The summed E-state index contributed by atoms with van der Waals surface area (Å²) in [5.74, 6) is 0. The van der Waals surface area contributed by atoms with E-state index in [1.165, 1.54) is 60.1 Å². The second-order valence-electron chi connectivity index (χ2n) is 11.1. The molecule has 0 saturated heterocycles. The number of nitrogens with zero attached hydrogens (tertiary/aromatic N) is 2. The van der Waals surface area contributed by atoms with Gasteiger partial charge in [-0.05, 0) is 96.5 Å². The maximum atomic E-state index is 4.71. The number of rotatable bonds is 2. The van der Waals surface area contributed by atoms with Crippen LogP contribution in [0.5, 0.6) is 0 Å². The van der Waals surface area contributed by atoms with Crippen molar-refractivity contribution in [3.8, 4) is 33.6 Å². The number of aromatic nitrogens is 2. The molecule has 8 rings (SSSR count). The number of benzene rings is 5. The highest BCUT2D eigenvalue weighted by molar-refractivity contribution is 6.18. The number of fused-ring (bicyclic) bond motifs is 9. The SMILES string of the molecule is CC1(C)c2cc3cc(-c4ccc(-c5ccccn5)nc4)ccc3cc2-c2c1c1ccccc1c1ccccc21. The summed E-state index contributed by atoms with van der Waals surface area (Å²) in [7, 11) is 0. The van der Waals surface area contributed by atoms with E-state index in [0.29, 0.717) is 0 Å². The van der Waals surface area contributed by atoms with Gasteiger partial charge in [0.05, 0.1) is 11.4 Å². The van der Waals surface area contributed by atoms with Gasteiger partial charge in [0.15, 0.2) is 0 Å². The molecule has 0 spiro atoms. The van der Waals surface area contributed by atoms with Crippen LogP contribution in [0.15, 0.2) is 122 Å². The first-order valence-electron chi connectivity index (χ1n) is 13.5. The summed E-state index contributed by atoms with van der Waals surface area (Å²) in [4.78, 5) is 9.14. The van der Waals surface area contributed by atoms with Gasteiger partial charge in [-0.15, -0.1) is 0 Å². The highest BCUT2D eigenvalue weighted by Gasteiger charge is 2.38. The highest BCUT2D eigenvalue weighted by Crippen LogP contribution is 2.55. The van der Waals surface area contributed by atoms with Crippen LogP contribution in [-0.2, 0) is 5.41 Å². The molecule has 2 heteroatoms. The maximum absolute atomic E-state index is 4.71. The minimum atomic E-state index is -0.107. The van der Waals surface area contributed by atoms with Crippen molar-refractivity contribution in [2.24, 2.45) is 0 Å². The number of hydrogen-bond acceptors (Lipinski definition) is 2. The fraction of sp³-hybridized carbons (Fsp3) is 0.0811. The Morgan fingerprint density at radius 2 is 1.23 bits per heavy atom. The Morgan fingerprint density at radius 1 is 0.538 bits per heavy atom. The molecule has 0 fully saturated rings. The molecule has 7 aromatic rings. The fourth-order valence-corrected chi connectivity index (χ4v) is 6.64. The predicted octanol–water partition coefficient (Wildman–Crippen LogP) is 9.58. The largest absolute Gasteiger partial charge is 0.255 e. The zero-order chi connectivity index (χ0) is 26.1. The van der Waals surface area contributed by atoms with Gasteiger partial charge in [0.2, 0.25) is 0 Å². The molecule has 0 atom stereocenters. The van der Waals surface area contributed by atoms with E-state index in [4.69, 9.17) is 4.98 Å². The van der Waals surface area contributed by atoms with Gasteiger partial charge in [0.1, 0.15) is 0 Å². The first-order valence-corrected chi connectivity index (χ1v) is 13.5. The van der Waals surface area contributed by atoms with Crippen LogP contribution in [-0.4, -0.2) is 9.97 Å². The van der Waals surface area contributed by atoms with E-state index >= 15 is 0 Å². The quantitative estimate of drug-likeness (QED) is 0.222. The zero-order valence-corrected chi connectivity index (χ0v) is 21.9. The van der Waals surface area contributed by atoms with Crippen molar-refractivity contribution in [2.75, 3.05) is 0 Å². The van der Waals surface area contributed by atoms with Gasteiger partial charge in [-0.1, -0.05) is 86.6 Å². The molecule has 2 aromatic heterocycles. The predicted molar refractivity (Wildman–Crippen MR) is 163 cm³/mol. The third-order valence-corrected chi connectivity index (χ3v) is 8.50. The van der Waals surface area contributed by atoms with E-state index in [-0.39, 0.29) is 5.41 Å². The van der Waals surface area contributed by atoms with Gasteiger partial charge in [-0.25, -0.2) is 0 Å². The van der Waals surface area contributed by atoms with Crippen LogP contribution in [0, 0.1) is 0 Å². The minimum Gasteiger partial charge on any atom is -0.255 e. The molecule has 2 heterocycles. The summed E-state index contributed by atoms with van der Waals surface area (Å²) in [5.41, 5.74) is 9.54. The summed E-state index contributed by atoms with van der Waals surface area (Å²) in [6, 6.07) is 39.5. The van der Waals surface area contributed by atoms with Crippen molar-refractivity contribution < 1.29 is 0 Å².